The highest BCUT2D eigenvalue weighted by atomic mass is 16.3. The fourth-order valence-corrected chi connectivity index (χ4v) is 2.35. The molecule has 4 heteroatoms. The van der Waals surface area contributed by atoms with Gasteiger partial charge in [0.15, 0.2) is 5.76 Å². The molecule has 1 aromatic heterocycles. The molecule has 0 spiro atoms. The van der Waals surface area contributed by atoms with E-state index in [0.29, 0.717) is 12.3 Å². The minimum absolute atomic E-state index is 0.150. The van der Waals surface area contributed by atoms with E-state index in [4.69, 9.17) is 4.42 Å². The van der Waals surface area contributed by atoms with Gasteiger partial charge in [0.05, 0.1) is 0 Å². The van der Waals surface area contributed by atoms with Crippen molar-refractivity contribution in [3.8, 4) is 0 Å². The summed E-state index contributed by atoms with van der Waals surface area (Å²) in [5.41, 5.74) is 2.75. The summed E-state index contributed by atoms with van der Waals surface area (Å²) in [7, 11) is 0. The molecule has 0 unspecified atom stereocenters. The maximum Gasteiger partial charge on any atom is 0.287 e. The SMILES string of the molecule is CCN[C@H](C)CNC(=O)c1oc2c(C)cccc2c1C. The summed E-state index contributed by atoms with van der Waals surface area (Å²) >= 11 is 0. The van der Waals surface area contributed by atoms with Crippen molar-refractivity contribution in [1.82, 2.24) is 10.6 Å². The van der Waals surface area contributed by atoms with Gasteiger partial charge in [0.25, 0.3) is 5.91 Å². The van der Waals surface area contributed by atoms with Crippen LogP contribution in [0, 0.1) is 13.8 Å². The van der Waals surface area contributed by atoms with Crippen LogP contribution in [-0.4, -0.2) is 25.0 Å². The fraction of sp³-hybridized carbons (Fsp3) is 0.438. The predicted octanol–water partition coefficient (Wildman–Crippen LogP) is 2.78. The first-order chi connectivity index (χ1) is 9.54. The van der Waals surface area contributed by atoms with E-state index in [0.717, 1.165) is 28.6 Å². The van der Waals surface area contributed by atoms with Gasteiger partial charge < -0.3 is 15.1 Å². The molecule has 2 rings (SSSR count). The van der Waals surface area contributed by atoms with Crippen LogP contribution in [0.25, 0.3) is 11.0 Å². The van der Waals surface area contributed by atoms with Crippen LogP contribution in [0.5, 0.6) is 0 Å². The molecular weight excluding hydrogens is 252 g/mol. The van der Waals surface area contributed by atoms with Gasteiger partial charge in [0, 0.05) is 23.5 Å². The van der Waals surface area contributed by atoms with Gasteiger partial charge >= 0.3 is 0 Å². The van der Waals surface area contributed by atoms with Crippen molar-refractivity contribution in [1.29, 1.82) is 0 Å². The van der Waals surface area contributed by atoms with Crippen molar-refractivity contribution in [2.24, 2.45) is 0 Å². The van der Waals surface area contributed by atoms with E-state index in [9.17, 15) is 4.79 Å². The van der Waals surface area contributed by atoms with Crippen molar-refractivity contribution >= 4 is 16.9 Å². The Labute approximate surface area is 119 Å². The first-order valence-electron chi connectivity index (χ1n) is 7.04. The van der Waals surface area contributed by atoms with E-state index < -0.39 is 0 Å². The number of nitrogens with one attached hydrogen (secondary N) is 2. The number of fused-ring (bicyclic) bond motifs is 1. The third-order valence-corrected chi connectivity index (χ3v) is 3.49. The molecule has 2 N–H and O–H groups in total. The van der Waals surface area contributed by atoms with Gasteiger partial charge in [0.1, 0.15) is 5.58 Å². The van der Waals surface area contributed by atoms with Gasteiger partial charge in [-0.3, -0.25) is 4.79 Å². The van der Waals surface area contributed by atoms with Crippen LogP contribution in [0.4, 0.5) is 0 Å². The van der Waals surface area contributed by atoms with E-state index in [1.54, 1.807) is 0 Å². The maximum atomic E-state index is 12.2. The summed E-state index contributed by atoms with van der Waals surface area (Å²) in [6.07, 6.45) is 0. The highest BCUT2D eigenvalue weighted by Crippen LogP contribution is 2.27. The first kappa shape index (κ1) is 14.6. The molecular formula is C16H22N2O2. The monoisotopic (exact) mass is 274 g/mol. The number of furan rings is 1. The predicted molar refractivity (Wildman–Crippen MR) is 81.2 cm³/mol. The molecule has 4 nitrogen and oxygen atoms in total. The summed E-state index contributed by atoms with van der Waals surface area (Å²) in [6, 6.07) is 6.20. The van der Waals surface area contributed by atoms with Crippen LogP contribution >= 0.6 is 0 Å². The quantitative estimate of drug-likeness (QED) is 0.881. The number of amides is 1. The Hall–Kier alpha value is -1.81. The number of hydrogen-bond acceptors (Lipinski definition) is 3. The molecule has 1 atom stereocenters. The van der Waals surface area contributed by atoms with Gasteiger partial charge in [-0.1, -0.05) is 25.1 Å². The Morgan fingerprint density at radius 3 is 2.75 bits per heavy atom. The standard InChI is InChI=1S/C16H22N2O2/c1-5-17-11(3)9-18-16(19)15-12(4)13-8-6-7-10(2)14(13)20-15/h6-8,11,17H,5,9H2,1-4H3,(H,18,19)/t11-/m1/s1. The normalized spacial score (nSPS) is 12.6. The van der Waals surface area contributed by atoms with E-state index in [1.165, 1.54) is 0 Å². The number of para-hydroxylation sites is 1. The van der Waals surface area contributed by atoms with Gasteiger partial charge in [-0.15, -0.1) is 0 Å². The molecule has 0 aliphatic heterocycles. The molecule has 0 saturated carbocycles. The lowest BCUT2D eigenvalue weighted by Crippen LogP contribution is -2.38. The Bertz CT molecular complexity index is 616. The molecule has 20 heavy (non-hydrogen) atoms. The zero-order chi connectivity index (χ0) is 14.7. The molecule has 0 saturated heterocycles. The number of carbonyl (C=O) groups is 1. The lowest BCUT2D eigenvalue weighted by Gasteiger charge is -2.12. The van der Waals surface area contributed by atoms with Gasteiger partial charge in [-0.05, 0) is 32.9 Å². The van der Waals surface area contributed by atoms with Crippen molar-refractivity contribution in [2.45, 2.75) is 33.7 Å². The summed E-state index contributed by atoms with van der Waals surface area (Å²) in [5, 5.41) is 7.18. The van der Waals surface area contributed by atoms with Crippen molar-refractivity contribution in [3.63, 3.8) is 0 Å². The van der Waals surface area contributed by atoms with Crippen molar-refractivity contribution in [2.75, 3.05) is 13.1 Å². The molecule has 0 aliphatic rings. The number of aryl methyl sites for hydroxylation is 2. The van der Waals surface area contributed by atoms with Gasteiger partial charge in [-0.2, -0.15) is 0 Å². The number of carbonyl (C=O) groups excluding carboxylic acids is 1. The largest absolute Gasteiger partial charge is 0.450 e. The highest BCUT2D eigenvalue weighted by molar-refractivity contribution is 5.99. The number of likely N-dealkylation sites (N-methyl/N-ethyl adjacent to an activating group) is 1. The summed E-state index contributed by atoms with van der Waals surface area (Å²) in [4.78, 5) is 12.2. The summed E-state index contributed by atoms with van der Waals surface area (Å²) in [6.45, 7) is 9.47. The van der Waals surface area contributed by atoms with E-state index in [2.05, 4.69) is 10.6 Å². The average Bonchev–Trinajstić information content (AvgIpc) is 2.76. The van der Waals surface area contributed by atoms with Gasteiger partial charge in [0.2, 0.25) is 0 Å². The zero-order valence-corrected chi connectivity index (χ0v) is 12.5. The van der Waals surface area contributed by atoms with Crippen LogP contribution in [-0.2, 0) is 0 Å². The summed E-state index contributed by atoms with van der Waals surface area (Å²) in [5.74, 6) is 0.265. The van der Waals surface area contributed by atoms with Crippen molar-refractivity contribution < 1.29 is 9.21 Å². The van der Waals surface area contributed by atoms with Crippen molar-refractivity contribution in [3.05, 3.63) is 35.1 Å². The summed E-state index contributed by atoms with van der Waals surface area (Å²) < 4.78 is 5.75. The third kappa shape index (κ3) is 2.85. The Morgan fingerprint density at radius 2 is 2.10 bits per heavy atom. The minimum atomic E-state index is -0.150. The minimum Gasteiger partial charge on any atom is -0.450 e. The van der Waals surface area contributed by atoms with E-state index in [1.807, 2.05) is 45.9 Å². The van der Waals surface area contributed by atoms with Crippen LogP contribution in [0.3, 0.4) is 0 Å². The molecule has 1 amide bonds. The Kier molecular flexibility index (Phi) is 4.45. The van der Waals surface area contributed by atoms with E-state index in [-0.39, 0.29) is 11.9 Å². The molecule has 0 radical (unpaired) electrons. The lowest BCUT2D eigenvalue weighted by molar-refractivity contribution is 0.0924. The smallest absolute Gasteiger partial charge is 0.287 e. The molecule has 0 bridgehead atoms. The van der Waals surface area contributed by atoms with Crippen LogP contribution in [0.15, 0.2) is 22.6 Å². The molecule has 108 valence electrons. The second-order valence-corrected chi connectivity index (χ2v) is 5.18. The Balaban J connectivity index is 2.18. The first-order valence-corrected chi connectivity index (χ1v) is 7.04. The highest BCUT2D eigenvalue weighted by Gasteiger charge is 2.18. The molecule has 1 heterocycles. The Morgan fingerprint density at radius 1 is 1.35 bits per heavy atom. The van der Waals surface area contributed by atoms with Crippen LogP contribution in [0.2, 0.25) is 0 Å². The molecule has 1 aromatic carbocycles. The van der Waals surface area contributed by atoms with E-state index >= 15 is 0 Å². The zero-order valence-electron chi connectivity index (χ0n) is 12.5. The second-order valence-electron chi connectivity index (χ2n) is 5.18. The van der Waals surface area contributed by atoms with Gasteiger partial charge in [-0.25, -0.2) is 0 Å². The average molecular weight is 274 g/mol. The topological polar surface area (TPSA) is 54.3 Å². The number of hydrogen-bond donors (Lipinski definition) is 2. The fourth-order valence-electron chi connectivity index (χ4n) is 2.35. The molecule has 0 fully saturated rings. The van der Waals surface area contributed by atoms with Crippen LogP contribution in [0.1, 0.15) is 35.5 Å². The second kappa shape index (κ2) is 6.09. The maximum absolute atomic E-state index is 12.2. The molecule has 2 aromatic rings. The number of rotatable bonds is 5. The lowest BCUT2D eigenvalue weighted by atomic mass is 10.1. The third-order valence-electron chi connectivity index (χ3n) is 3.49. The number of benzene rings is 1. The molecule has 0 aliphatic carbocycles. The van der Waals surface area contributed by atoms with Crippen LogP contribution < -0.4 is 10.6 Å².